The molecule has 1 aliphatic rings. The first kappa shape index (κ1) is 23.4. The van der Waals surface area contributed by atoms with E-state index in [4.69, 9.17) is 11.6 Å². The second-order valence-electron chi connectivity index (χ2n) is 7.17. The first-order chi connectivity index (χ1) is 14.8. The van der Waals surface area contributed by atoms with Crippen LogP contribution in [0.1, 0.15) is 41.6 Å². The molecule has 0 unspecified atom stereocenters. The Morgan fingerprint density at radius 2 is 1.71 bits per heavy atom. The van der Waals surface area contributed by atoms with Crippen molar-refractivity contribution in [3.63, 3.8) is 0 Å². The minimum absolute atomic E-state index is 0.0196. The number of rotatable bonds is 7. The summed E-state index contributed by atoms with van der Waals surface area (Å²) >= 11 is 6.17. The van der Waals surface area contributed by atoms with Crippen LogP contribution in [0.15, 0.2) is 47.4 Å². The predicted octanol–water partition coefficient (Wildman–Crippen LogP) is 4.44. The number of halogens is 3. The summed E-state index contributed by atoms with van der Waals surface area (Å²) in [6, 6.07) is 10.0. The van der Waals surface area contributed by atoms with E-state index in [0.29, 0.717) is 18.7 Å². The van der Waals surface area contributed by atoms with Crippen molar-refractivity contribution in [1.29, 1.82) is 0 Å². The van der Waals surface area contributed by atoms with Crippen LogP contribution in [0.2, 0.25) is 5.02 Å². The van der Waals surface area contributed by atoms with E-state index in [1.54, 1.807) is 12.1 Å². The van der Waals surface area contributed by atoms with Gasteiger partial charge in [0.15, 0.2) is 0 Å². The Bertz CT molecular complexity index is 1010. The lowest BCUT2D eigenvalue weighted by molar-refractivity contribution is -0.0498. The van der Waals surface area contributed by atoms with Crippen molar-refractivity contribution in [1.82, 2.24) is 9.62 Å². The lowest BCUT2D eigenvalue weighted by Gasteiger charge is -2.21. The second kappa shape index (κ2) is 10.4. The van der Waals surface area contributed by atoms with Gasteiger partial charge in [0.1, 0.15) is 10.6 Å². The smallest absolute Gasteiger partial charge is 0.387 e. The van der Waals surface area contributed by atoms with Crippen LogP contribution in [0.3, 0.4) is 0 Å². The van der Waals surface area contributed by atoms with Gasteiger partial charge in [-0.3, -0.25) is 4.79 Å². The summed E-state index contributed by atoms with van der Waals surface area (Å²) in [6.07, 6.45) is 3.55. The van der Waals surface area contributed by atoms with Crippen molar-refractivity contribution < 1.29 is 26.7 Å². The number of nitrogens with zero attached hydrogens (tertiary/aromatic N) is 1. The van der Waals surface area contributed by atoms with Gasteiger partial charge in [0.05, 0.1) is 5.02 Å². The number of benzene rings is 2. The van der Waals surface area contributed by atoms with Crippen LogP contribution in [-0.2, 0) is 16.6 Å². The van der Waals surface area contributed by atoms with Gasteiger partial charge in [-0.15, -0.1) is 0 Å². The Balaban J connectivity index is 1.71. The van der Waals surface area contributed by atoms with E-state index in [2.05, 4.69) is 10.1 Å². The number of hydrogen-bond acceptors (Lipinski definition) is 4. The normalized spacial score (nSPS) is 15.5. The van der Waals surface area contributed by atoms with Crippen molar-refractivity contribution in [3.05, 3.63) is 58.6 Å². The summed E-state index contributed by atoms with van der Waals surface area (Å²) in [7, 11) is -3.81. The molecule has 0 atom stereocenters. The molecular formula is C21H23ClF2N2O4S. The number of carbonyl (C=O) groups is 1. The summed E-state index contributed by atoms with van der Waals surface area (Å²) in [4.78, 5) is 12.5. The average molecular weight is 473 g/mol. The number of amides is 1. The van der Waals surface area contributed by atoms with Gasteiger partial charge in [-0.1, -0.05) is 36.6 Å². The molecule has 0 spiro atoms. The van der Waals surface area contributed by atoms with Gasteiger partial charge in [0.2, 0.25) is 10.0 Å². The summed E-state index contributed by atoms with van der Waals surface area (Å²) in [5.41, 5.74) is 0.830. The highest BCUT2D eigenvalue weighted by atomic mass is 35.5. The second-order valence-corrected chi connectivity index (χ2v) is 9.48. The summed E-state index contributed by atoms with van der Waals surface area (Å²) in [5.74, 6) is -0.456. The molecule has 3 rings (SSSR count). The molecule has 1 fully saturated rings. The maximum Gasteiger partial charge on any atom is 0.387 e. The Morgan fingerprint density at radius 1 is 1.06 bits per heavy atom. The zero-order valence-electron chi connectivity index (χ0n) is 16.7. The zero-order valence-corrected chi connectivity index (χ0v) is 18.3. The minimum atomic E-state index is -3.81. The van der Waals surface area contributed by atoms with Crippen molar-refractivity contribution in [2.75, 3.05) is 13.1 Å². The van der Waals surface area contributed by atoms with Gasteiger partial charge in [0.25, 0.3) is 5.91 Å². The highest BCUT2D eigenvalue weighted by Crippen LogP contribution is 2.27. The molecule has 1 amide bonds. The molecule has 10 heteroatoms. The molecule has 1 N–H and O–H groups in total. The van der Waals surface area contributed by atoms with Gasteiger partial charge in [0, 0.05) is 25.2 Å². The topological polar surface area (TPSA) is 75.7 Å². The lowest BCUT2D eigenvalue weighted by Crippen LogP contribution is -2.32. The molecular weight excluding hydrogens is 450 g/mol. The molecule has 0 aliphatic carbocycles. The van der Waals surface area contributed by atoms with E-state index in [1.165, 1.54) is 34.6 Å². The van der Waals surface area contributed by atoms with E-state index in [0.717, 1.165) is 25.7 Å². The molecule has 2 aromatic rings. The van der Waals surface area contributed by atoms with Crippen LogP contribution >= 0.6 is 11.6 Å². The molecule has 0 bridgehead atoms. The van der Waals surface area contributed by atoms with Crippen molar-refractivity contribution in [3.8, 4) is 5.75 Å². The Labute approximate surface area is 185 Å². The highest BCUT2D eigenvalue weighted by Gasteiger charge is 2.28. The SMILES string of the molecule is O=C(NCc1ccc(OC(F)F)cc1)c1ccc(Cl)c(S(=O)(=O)N2CCCCCC2)c1. The third-order valence-electron chi connectivity index (χ3n) is 4.98. The Kier molecular flexibility index (Phi) is 7.85. The number of sulfonamides is 1. The molecule has 6 nitrogen and oxygen atoms in total. The number of ether oxygens (including phenoxy) is 1. The van der Waals surface area contributed by atoms with Crippen molar-refractivity contribution in [2.45, 2.75) is 43.7 Å². The molecule has 0 radical (unpaired) electrons. The molecule has 1 heterocycles. The van der Waals surface area contributed by atoms with Crippen LogP contribution in [0.5, 0.6) is 5.75 Å². The van der Waals surface area contributed by atoms with E-state index in [9.17, 15) is 22.0 Å². The van der Waals surface area contributed by atoms with E-state index < -0.39 is 22.5 Å². The fourth-order valence-electron chi connectivity index (χ4n) is 3.34. The lowest BCUT2D eigenvalue weighted by atomic mass is 10.2. The fourth-order valence-corrected chi connectivity index (χ4v) is 5.35. The third kappa shape index (κ3) is 6.15. The number of carbonyl (C=O) groups excluding carboxylic acids is 1. The number of nitrogens with one attached hydrogen (secondary N) is 1. The quantitative estimate of drug-likeness (QED) is 0.646. The maximum absolute atomic E-state index is 13.1. The van der Waals surface area contributed by atoms with Gasteiger partial charge in [-0.25, -0.2) is 8.42 Å². The van der Waals surface area contributed by atoms with Crippen molar-refractivity contribution in [2.24, 2.45) is 0 Å². The molecule has 1 saturated heterocycles. The molecule has 2 aromatic carbocycles. The van der Waals surface area contributed by atoms with Gasteiger partial charge in [-0.2, -0.15) is 13.1 Å². The monoisotopic (exact) mass is 472 g/mol. The van der Waals surface area contributed by atoms with Crippen molar-refractivity contribution >= 4 is 27.5 Å². The van der Waals surface area contributed by atoms with Crippen LogP contribution in [-0.4, -0.2) is 38.3 Å². The van der Waals surface area contributed by atoms with Crippen LogP contribution in [0.25, 0.3) is 0 Å². The first-order valence-electron chi connectivity index (χ1n) is 9.89. The number of alkyl halides is 2. The fraction of sp³-hybridized carbons (Fsp3) is 0.381. The zero-order chi connectivity index (χ0) is 22.4. The van der Waals surface area contributed by atoms with Gasteiger partial charge >= 0.3 is 6.61 Å². The van der Waals surface area contributed by atoms with Crippen LogP contribution in [0.4, 0.5) is 8.78 Å². The molecule has 31 heavy (non-hydrogen) atoms. The van der Waals surface area contributed by atoms with E-state index in [1.807, 2.05) is 0 Å². The third-order valence-corrected chi connectivity index (χ3v) is 7.36. The Hall–Kier alpha value is -2.23. The summed E-state index contributed by atoms with van der Waals surface area (Å²) in [5, 5.41) is 2.75. The van der Waals surface area contributed by atoms with E-state index >= 15 is 0 Å². The standard InChI is InChI=1S/C21H23ClF2N2O4S/c22-18-10-7-16(13-19(18)31(28,29)26-11-3-1-2-4-12-26)20(27)25-14-15-5-8-17(9-6-15)30-21(23)24/h5-10,13,21H,1-4,11-12,14H2,(H,25,27). The highest BCUT2D eigenvalue weighted by molar-refractivity contribution is 7.89. The molecule has 0 aromatic heterocycles. The molecule has 168 valence electrons. The van der Waals surface area contributed by atoms with Gasteiger partial charge in [-0.05, 0) is 48.7 Å². The summed E-state index contributed by atoms with van der Waals surface area (Å²) < 4.78 is 56.3. The molecule has 0 saturated carbocycles. The maximum atomic E-state index is 13.1. The number of hydrogen-bond donors (Lipinski definition) is 1. The van der Waals surface area contributed by atoms with E-state index in [-0.39, 0.29) is 27.8 Å². The Morgan fingerprint density at radius 3 is 2.32 bits per heavy atom. The summed E-state index contributed by atoms with van der Waals surface area (Å²) in [6.45, 7) is -1.92. The average Bonchev–Trinajstić information content (AvgIpc) is 3.03. The molecule has 1 aliphatic heterocycles. The minimum Gasteiger partial charge on any atom is -0.435 e. The first-order valence-corrected chi connectivity index (χ1v) is 11.7. The van der Waals surface area contributed by atoms with Gasteiger partial charge < -0.3 is 10.1 Å². The van der Waals surface area contributed by atoms with Crippen LogP contribution in [0, 0.1) is 0 Å². The predicted molar refractivity (Wildman–Crippen MR) is 113 cm³/mol. The largest absolute Gasteiger partial charge is 0.435 e. The van der Waals surface area contributed by atoms with Crippen LogP contribution < -0.4 is 10.1 Å².